The van der Waals surface area contributed by atoms with Crippen LogP contribution in [0.1, 0.15) is 50.2 Å². The summed E-state index contributed by atoms with van der Waals surface area (Å²) >= 11 is 0.914. The molecule has 3 nitrogen and oxygen atoms in total. The normalized spacial score (nSPS) is 13.2. The Morgan fingerprint density at radius 3 is 2.04 bits per heavy atom. The minimum atomic E-state index is -6.54. The summed E-state index contributed by atoms with van der Waals surface area (Å²) < 4.78 is 164. The third kappa shape index (κ3) is 8.13. The lowest BCUT2D eigenvalue weighted by molar-refractivity contribution is -0.368. The van der Waals surface area contributed by atoms with Crippen LogP contribution in [-0.4, -0.2) is 42.9 Å². The molecule has 0 N–H and O–H groups in total. The van der Waals surface area contributed by atoms with Crippen molar-refractivity contribution < 1.29 is 62.6 Å². The Bertz CT molecular complexity index is 1510. The van der Waals surface area contributed by atoms with Crippen LogP contribution in [0, 0.1) is 0 Å². The number of alkyl halides is 11. The molecule has 0 aliphatic carbocycles. The molecule has 0 fully saturated rings. The summed E-state index contributed by atoms with van der Waals surface area (Å²) in [6, 6.07) is 9.34. The molecule has 1 heterocycles. The number of halogens is 11. The highest BCUT2D eigenvalue weighted by Crippen LogP contribution is 2.54. The van der Waals surface area contributed by atoms with Crippen molar-refractivity contribution in [3.8, 4) is 16.2 Å². The number of carbonyl (C=O) groups excluding carboxylic acids is 1. The number of benzene rings is 2. The number of ether oxygens (including phenoxy) is 2. The number of rotatable bonds is 16. The van der Waals surface area contributed by atoms with E-state index < -0.39 is 67.5 Å². The van der Waals surface area contributed by atoms with Crippen molar-refractivity contribution in [1.29, 1.82) is 0 Å². The van der Waals surface area contributed by atoms with Gasteiger partial charge in [-0.25, -0.2) is 4.79 Å². The van der Waals surface area contributed by atoms with Gasteiger partial charge < -0.3 is 9.47 Å². The molecule has 3 rings (SSSR count). The predicted molar refractivity (Wildman–Crippen MR) is 151 cm³/mol. The van der Waals surface area contributed by atoms with E-state index in [0.717, 1.165) is 36.7 Å². The molecule has 0 saturated heterocycles. The van der Waals surface area contributed by atoms with Crippen LogP contribution >= 0.6 is 11.3 Å². The predicted octanol–water partition coefficient (Wildman–Crippen LogP) is 10.7. The Morgan fingerprint density at radius 1 is 0.826 bits per heavy atom. The van der Waals surface area contributed by atoms with Crippen LogP contribution in [0.4, 0.5) is 48.3 Å². The van der Waals surface area contributed by atoms with Crippen molar-refractivity contribution in [3.63, 3.8) is 0 Å². The van der Waals surface area contributed by atoms with Crippen molar-refractivity contribution >= 4 is 27.4 Å². The maximum atomic E-state index is 14.3. The molecule has 15 heteroatoms. The summed E-state index contributed by atoms with van der Waals surface area (Å²) in [4.78, 5) is 11.1. The molecule has 254 valence electrons. The zero-order chi connectivity index (χ0) is 34.6. The number of thiophene rings is 1. The van der Waals surface area contributed by atoms with Gasteiger partial charge in [-0.1, -0.05) is 38.5 Å². The fourth-order valence-electron chi connectivity index (χ4n) is 4.42. The Kier molecular flexibility index (Phi) is 11.4. The molecular weight excluding hydrogens is 661 g/mol. The Labute approximate surface area is 261 Å². The highest BCUT2D eigenvalue weighted by molar-refractivity contribution is 7.22. The van der Waals surface area contributed by atoms with Gasteiger partial charge in [-0.3, -0.25) is 0 Å². The first-order valence-electron chi connectivity index (χ1n) is 13.9. The van der Waals surface area contributed by atoms with Crippen molar-refractivity contribution in [1.82, 2.24) is 0 Å². The first-order chi connectivity index (χ1) is 21.3. The van der Waals surface area contributed by atoms with Gasteiger partial charge in [0.05, 0.1) is 31.6 Å². The maximum Gasteiger partial charge on any atom is 0.417 e. The van der Waals surface area contributed by atoms with Crippen LogP contribution in [0.2, 0.25) is 0 Å². The molecular formula is C31H29F11O3S. The smallest absolute Gasteiger partial charge is 0.417 e. The standard InChI is InChI=1S/C31H29F11O3S/c1-3-5-6-7-19-8-11-22(23(16-19)29(36,37)38)25-17-20-9-10-21(18-24(20)46-25)44-14-12-27(32,33)30(39,40)31(41,42)28(34,35)13-15-45-26(43)4-2/h4,8-11,16-18H,2-3,5-7,12-15H2,1H3. The molecule has 0 aliphatic rings. The van der Waals surface area contributed by atoms with E-state index in [1.165, 1.54) is 30.3 Å². The fraction of sp³-hybridized carbons (Fsp3) is 0.452. The van der Waals surface area contributed by atoms with E-state index in [2.05, 4.69) is 11.3 Å². The maximum absolute atomic E-state index is 14.3. The molecule has 0 unspecified atom stereocenters. The Morgan fingerprint density at radius 2 is 1.46 bits per heavy atom. The second-order valence-electron chi connectivity index (χ2n) is 10.4. The van der Waals surface area contributed by atoms with Crippen LogP contribution in [0.5, 0.6) is 5.75 Å². The number of hydrogen-bond acceptors (Lipinski definition) is 4. The second kappa shape index (κ2) is 14.2. The van der Waals surface area contributed by atoms with E-state index in [0.29, 0.717) is 28.1 Å². The molecule has 1 aromatic heterocycles. The van der Waals surface area contributed by atoms with Gasteiger partial charge in [-0.05, 0) is 54.1 Å². The second-order valence-corrected chi connectivity index (χ2v) is 11.5. The third-order valence-electron chi connectivity index (χ3n) is 7.04. The highest BCUT2D eigenvalue weighted by Gasteiger charge is 2.79. The van der Waals surface area contributed by atoms with Crippen LogP contribution in [0.25, 0.3) is 20.5 Å². The lowest BCUT2D eigenvalue weighted by atomic mass is 9.95. The van der Waals surface area contributed by atoms with Crippen LogP contribution < -0.4 is 4.74 Å². The lowest BCUT2D eigenvalue weighted by Gasteiger charge is -2.36. The van der Waals surface area contributed by atoms with Gasteiger partial charge in [0.15, 0.2) is 0 Å². The quantitative estimate of drug-likeness (QED) is 0.0650. The van der Waals surface area contributed by atoms with E-state index in [1.54, 1.807) is 6.07 Å². The zero-order valence-electron chi connectivity index (χ0n) is 24.3. The molecule has 0 atom stereocenters. The number of unbranched alkanes of at least 4 members (excludes halogenated alkanes) is 2. The minimum Gasteiger partial charge on any atom is -0.493 e. The minimum absolute atomic E-state index is 0.0890. The summed E-state index contributed by atoms with van der Waals surface area (Å²) in [5.74, 6) is -26.0. The largest absolute Gasteiger partial charge is 0.493 e. The van der Waals surface area contributed by atoms with Crippen LogP contribution in [-0.2, 0) is 22.1 Å². The van der Waals surface area contributed by atoms with Gasteiger partial charge in [0.25, 0.3) is 0 Å². The number of aryl methyl sites for hydroxylation is 1. The van der Waals surface area contributed by atoms with Gasteiger partial charge in [-0.15, -0.1) is 11.3 Å². The molecule has 46 heavy (non-hydrogen) atoms. The van der Waals surface area contributed by atoms with Crippen molar-refractivity contribution in [2.75, 3.05) is 13.2 Å². The number of esters is 1. The molecule has 2 aromatic carbocycles. The summed E-state index contributed by atoms with van der Waals surface area (Å²) in [5, 5.41) is 0.449. The van der Waals surface area contributed by atoms with Crippen molar-refractivity contribution in [3.05, 3.63) is 66.2 Å². The van der Waals surface area contributed by atoms with Crippen molar-refractivity contribution in [2.24, 2.45) is 0 Å². The summed E-state index contributed by atoms with van der Waals surface area (Å²) in [6.07, 6.45) is -5.46. The van der Waals surface area contributed by atoms with Gasteiger partial charge in [0.1, 0.15) is 5.75 Å². The monoisotopic (exact) mass is 690 g/mol. The number of carbonyl (C=O) groups is 1. The van der Waals surface area contributed by atoms with Gasteiger partial charge >= 0.3 is 35.8 Å². The van der Waals surface area contributed by atoms with E-state index in [1.807, 2.05) is 6.92 Å². The number of hydrogen-bond donors (Lipinski definition) is 0. The SMILES string of the molecule is C=CC(=O)OCCC(F)(F)C(F)(F)C(F)(F)C(F)(F)CCOc1ccc2cc(-c3ccc(CCCCC)cc3C(F)(F)F)sc2c1. The Balaban J connectivity index is 1.74. The van der Waals surface area contributed by atoms with Crippen LogP contribution in [0.3, 0.4) is 0 Å². The molecule has 0 amide bonds. The van der Waals surface area contributed by atoms with E-state index in [-0.39, 0.29) is 16.2 Å². The summed E-state index contributed by atoms with van der Waals surface area (Å²) in [6.45, 7) is 2.12. The molecule has 0 spiro atoms. The van der Waals surface area contributed by atoms with E-state index in [4.69, 9.17) is 4.74 Å². The van der Waals surface area contributed by atoms with Gasteiger partial charge in [0, 0.05) is 21.2 Å². The fourth-order valence-corrected chi connectivity index (χ4v) is 5.55. The lowest BCUT2D eigenvalue weighted by Crippen LogP contribution is -2.62. The molecule has 0 radical (unpaired) electrons. The number of fused-ring (bicyclic) bond motifs is 1. The van der Waals surface area contributed by atoms with E-state index >= 15 is 0 Å². The Hall–Kier alpha value is -3.36. The first-order valence-corrected chi connectivity index (χ1v) is 14.8. The highest BCUT2D eigenvalue weighted by atomic mass is 32.1. The topological polar surface area (TPSA) is 35.5 Å². The molecule has 0 aliphatic heterocycles. The third-order valence-corrected chi connectivity index (χ3v) is 8.17. The first kappa shape index (κ1) is 37.1. The molecule has 0 bridgehead atoms. The van der Waals surface area contributed by atoms with Gasteiger partial charge in [0.2, 0.25) is 0 Å². The average molecular weight is 691 g/mol. The van der Waals surface area contributed by atoms with E-state index in [9.17, 15) is 53.1 Å². The summed E-state index contributed by atoms with van der Waals surface area (Å²) in [7, 11) is 0. The summed E-state index contributed by atoms with van der Waals surface area (Å²) in [5.41, 5.74) is -0.402. The van der Waals surface area contributed by atoms with Crippen LogP contribution in [0.15, 0.2) is 55.1 Å². The van der Waals surface area contributed by atoms with Crippen molar-refractivity contribution in [2.45, 2.75) is 75.3 Å². The van der Waals surface area contributed by atoms with Gasteiger partial charge in [-0.2, -0.15) is 48.3 Å². The molecule has 0 saturated carbocycles. The average Bonchev–Trinajstić information content (AvgIpc) is 3.39. The zero-order valence-corrected chi connectivity index (χ0v) is 25.1. The molecule has 3 aromatic rings.